The molecule has 0 aliphatic heterocycles. The highest BCUT2D eigenvalue weighted by atomic mass is 19.4. The average molecular weight is 272 g/mol. The van der Waals surface area contributed by atoms with Gasteiger partial charge in [-0.25, -0.2) is 9.48 Å². The Labute approximate surface area is 104 Å². The summed E-state index contributed by atoms with van der Waals surface area (Å²) in [6.07, 6.45) is -3.50. The number of rotatable bonds is 2. The predicted octanol–water partition coefficient (Wildman–Crippen LogP) is 2.95. The average Bonchev–Trinajstić information content (AvgIpc) is 2.75. The minimum absolute atomic E-state index is 0.0209. The van der Waals surface area contributed by atoms with Crippen molar-refractivity contribution in [3.8, 4) is 11.4 Å². The number of aromatic nitrogens is 2. The zero-order valence-electron chi connectivity index (χ0n) is 9.26. The molecule has 5 nitrogen and oxygen atoms in total. The molecule has 0 aliphatic carbocycles. The Balaban J connectivity index is 2.23. The minimum atomic E-state index is -4.40. The zero-order chi connectivity index (χ0) is 14.0. The van der Waals surface area contributed by atoms with Gasteiger partial charge in [0.25, 0.3) is 0 Å². The van der Waals surface area contributed by atoms with Crippen molar-refractivity contribution in [3.05, 3.63) is 42.2 Å². The molecular formula is C11H7F3N2O3. The second-order valence-corrected chi connectivity index (χ2v) is 3.53. The van der Waals surface area contributed by atoms with E-state index in [1.807, 2.05) is 0 Å². The maximum absolute atomic E-state index is 12.4. The summed E-state index contributed by atoms with van der Waals surface area (Å²) >= 11 is 0. The van der Waals surface area contributed by atoms with E-state index in [1.165, 1.54) is 23.0 Å². The highest BCUT2D eigenvalue weighted by molar-refractivity contribution is 5.60. The first-order valence-electron chi connectivity index (χ1n) is 4.99. The van der Waals surface area contributed by atoms with E-state index < -0.39 is 17.9 Å². The Morgan fingerprint density at radius 2 is 1.89 bits per heavy atom. The van der Waals surface area contributed by atoms with E-state index in [1.54, 1.807) is 0 Å². The van der Waals surface area contributed by atoms with Crippen LogP contribution in [0.2, 0.25) is 0 Å². The molecule has 0 amide bonds. The number of hydrogen-bond donors (Lipinski definition) is 1. The second kappa shape index (κ2) is 4.63. The van der Waals surface area contributed by atoms with Gasteiger partial charge in [0.1, 0.15) is 0 Å². The third-order valence-electron chi connectivity index (χ3n) is 2.22. The third-order valence-corrected chi connectivity index (χ3v) is 2.22. The van der Waals surface area contributed by atoms with Crippen LogP contribution in [0.1, 0.15) is 5.56 Å². The zero-order valence-corrected chi connectivity index (χ0v) is 9.26. The summed E-state index contributed by atoms with van der Waals surface area (Å²) in [4.78, 5) is 10.3. The largest absolute Gasteiger partial charge is 0.511 e. The van der Waals surface area contributed by atoms with Crippen LogP contribution >= 0.6 is 0 Å². The SMILES string of the molecule is O=C(O)Oc1cnn(-c2ccc(C(F)(F)F)cc2)c1. The fraction of sp³-hybridized carbons (Fsp3) is 0.0909. The normalized spacial score (nSPS) is 11.3. The topological polar surface area (TPSA) is 64.3 Å². The molecule has 19 heavy (non-hydrogen) atoms. The van der Waals surface area contributed by atoms with Gasteiger partial charge in [0.05, 0.1) is 23.6 Å². The van der Waals surface area contributed by atoms with Gasteiger partial charge in [0.15, 0.2) is 5.75 Å². The Bertz CT molecular complexity index is 590. The molecule has 0 bridgehead atoms. The fourth-order valence-corrected chi connectivity index (χ4v) is 1.40. The fourth-order valence-electron chi connectivity index (χ4n) is 1.40. The van der Waals surface area contributed by atoms with Gasteiger partial charge in [-0.2, -0.15) is 18.3 Å². The van der Waals surface area contributed by atoms with Crippen molar-refractivity contribution in [1.82, 2.24) is 9.78 Å². The molecule has 8 heteroatoms. The number of carboxylic acid groups (broad SMARTS) is 1. The maximum Gasteiger partial charge on any atom is 0.511 e. The lowest BCUT2D eigenvalue weighted by Gasteiger charge is -2.07. The number of halogens is 3. The number of alkyl halides is 3. The molecule has 0 radical (unpaired) electrons. The molecule has 2 aromatic rings. The molecule has 2 rings (SSSR count). The van der Waals surface area contributed by atoms with E-state index >= 15 is 0 Å². The van der Waals surface area contributed by atoms with E-state index in [-0.39, 0.29) is 5.75 Å². The summed E-state index contributed by atoms with van der Waals surface area (Å²) in [5, 5.41) is 12.2. The molecule has 0 atom stereocenters. The molecule has 1 aromatic carbocycles. The van der Waals surface area contributed by atoms with Crippen LogP contribution in [0.5, 0.6) is 5.75 Å². The first kappa shape index (κ1) is 12.9. The van der Waals surface area contributed by atoms with Crippen LogP contribution in [0, 0.1) is 0 Å². The van der Waals surface area contributed by atoms with Crippen molar-refractivity contribution in [3.63, 3.8) is 0 Å². The predicted molar refractivity (Wildman–Crippen MR) is 57.2 cm³/mol. The first-order chi connectivity index (χ1) is 8.86. The smallest absolute Gasteiger partial charge is 0.449 e. The van der Waals surface area contributed by atoms with Crippen LogP contribution in [0.3, 0.4) is 0 Å². The summed E-state index contributed by atoms with van der Waals surface area (Å²) in [5.41, 5.74) is -0.418. The summed E-state index contributed by atoms with van der Waals surface area (Å²) in [6, 6.07) is 4.27. The van der Waals surface area contributed by atoms with Crippen molar-refractivity contribution in [1.29, 1.82) is 0 Å². The van der Waals surface area contributed by atoms with E-state index in [4.69, 9.17) is 5.11 Å². The quantitative estimate of drug-likeness (QED) is 0.853. The molecule has 0 saturated heterocycles. The van der Waals surface area contributed by atoms with E-state index in [2.05, 4.69) is 9.84 Å². The minimum Gasteiger partial charge on any atom is -0.449 e. The molecule has 0 unspecified atom stereocenters. The van der Waals surface area contributed by atoms with Gasteiger partial charge in [-0.3, -0.25) is 0 Å². The molecular weight excluding hydrogens is 265 g/mol. The molecule has 1 aromatic heterocycles. The molecule has 100 valence electrons. The summed E-state index contributed by atoms with van der Waals surface area (Å²) in [5.74, 6) is -0.0209. The lowest BCUT2D eigenvalue weighted by molar-refractivity contribution is -0.137. The van der Waals surface area contributed by atoms with Crippen LogP contribution in [0.15, 0.2) is 36.7 Å². The number of carbonyl (C=O) groups is 1. The van der Waals surface area contributed by atoms with Gasteiger partial charge < -0.3 is 9.84 Å². The Hall–Kier alpha value is -2.51. The lowest BCUT2D eigenvalue weighted by Crippen LogP contribution is -2.05. The molecule has 0 saturated carbocycles. The number of benzene rings is 1. The van der Waals surface area contributed by atoms with Crippen LogP contribution in [-0.2, 0) is 6.18 Å². The molecule has 0 fully saturated rings. The number of ether oxygens (including phenoxy) is 1. The third kappa shape index (κ3) is 3.03. The second-order valence-electron chi connectivity index (χ2n) is 3.53. The Morgan fingerprint density at radius 3 is 2.42 bits per heavy atom. The Morgan fingerprint density at radius 1 is 1.26 bits per heavy atom. The van der Waals surface area contributed by atoms with Crippen molar-refractivity contribution in [2.45, 2.75) is 6.18 Å². The van der Waals surface area contributed by atoms with Gasteiger partial charge in [-0.15, -0.1) is 0 Å². The molecule has 0 spiro atoms. The van der Waals surface area contributed by atoms with Gasteiger partial charge >= 0.3 is 12.3 Å². The highest BCUT2D eigenvalue weighted by Gasteiger charge is 2.30. The highest BCUT2D eigenvalue weighted by Crippen LogP contribution is 2.29. The summed E-state index contributed by atoms with van der Waals surface area (Å²) < 4.78 is 42.6. The standard InChI is InChI=1S/C11H7F3N2O3/c12-11(13,14)7-1-3-8(4-2-7)16-6-9(5-15-16)19-10(17)18/h1-6H,(H,17,18). The van der Waals surface area contributed by atoms with Gasteiger partial charge in [0.2, 0.25) is 0 Å². The van der Waals surface area contributed by atoms with E-state index in [9.17, 15) is 18.0 Å². The van der Waals surface area contributed by atoms with Crippen LogP contribution in [-0.4, -0.2) is 21.0 Å². The van der Waals surface area contributed by atoms with Gasteiger partial charge in [-0.1, -0.05) is 0 Å². The van der Waals surface area contributed by atoms with E-state index in [0.29, 0.717) is 5.69 Å². The molecule has 0 aliphatic rings. The summed E-state index contributed by atoms with van der Waals surface area (Å²) in [6.45, 7) is 0. The number of nitrogens with zero attached hydrogens (tertiary/aromatic N) is 2. The van der Waals surface area contributed by atoms with Crippen LogP contribution in [0.4, 0.5) is 18.0 Å². The van der Waals surface area contributed by atoms with E-state index in [0.717, 1.165) is 18.3 Å². The first-order valence-corrected chi connectivity index (χ1v) is 4.99. The van der Waals surface area contributed by atoms with Gasteiger partial charge in [-0.05, 0) is 24.3 Å². The molecule has 1 N–H and O–H groups in total. The molecule has 1 heterocycles. The van der Waals surface area contributed by atoms with Crippen molar-refractivity contribution in [2.75, 3.05) is 0 Å². The lowest BCUT2D eigenvalue weighted by atomic mass is 10.2. The van der Waals surface area contributed by atoms with Crippen molar-refractivity contribution >= 4 is 6.16 Å². The van der Waals surface area contributed by atoms with Gasteiger partial charge in [0, 0.05) is 0 Å². The van der Waals surface area contributed by atoms with Crippen LogP contribution in [0.25, 0.3) is 5.69 Å². The Kier molecular flexibility index (Phi) is 3.16. The monoisotopic (exact) mass is 272 g/mol. The van der Waals surface area contributed by atoms with Crippen LogP contribution < -0.4 is 4.74 Å². The summed E-state index contributed by atoms with van der Waals surface area (Å²) in [7, 11) is 0. The maximum atomic E-state index is 12.4. The van der Waals surface area contributed by atoms with Crippen molar-refractivity contribution < 1.29 is 27.8 Å². The van der Waals surface area contributed by atoms with Crippen molar-refractivity contribution in [2.24, 2.45) is 0 Å². The number of hydrogen-bond acceptors (Lipinski definition) is 3.